The van der Waals surface area contributed by atoms with Gasteiger partial charge in [0, 0.05) is 0 Å². The maximum Gasteiger partial charge on any atom is -0.0351 e. The van der Waals surface area contributed by atoms with Gasteiger partial charge in [-0.15, -0.1) is 0 Å². The molecule has 2 radical (unpaired) electrons. The van der Waals surface area contributed by atoms with E-state index in [1.54, 1.807) is 0 Å². The van der Waals surface area contributed by atoms with Crippen molar-refractivity contribution >= 4 is 0 Å². The van der Waals surface area contributed by atoms with Crippen molar-refractivity contribution in [2.45, 2.75) is 109 Å². The van der Waals surface area contributed by atoms with Gasteiger partial charge in [-0.1, -0.05) is 109 Å². The molecule has 21 heavy (non-hydrogen) atoms. The fourth-order valence-electron chi connectivity index (χ4n) is 2.70. The largest absolute Gasteiger partial charge is 0.0885 e. The highest BCUT2D eigenvalue weighted by Crippen LogP contribution is 2.11. The van der Waals surface area contributed by atoms with Crippen molar-refractivity contribution in [3.05, 3.63) is 26.0 Å². The number of hydrogen-bond donors (Lipinski definition) is 0. The number of unbranched alkanes of at least 4 members (excludes halogenated alkanes) is 15. The first-order valence-electron chi connectivity index (χ1n) is 9.65. The molecule has 0 aliphatic rings. The Morgan fingerprint density at radius 1 is 0.381 bits per heavy atom. The van der Waals surface area contributed by atoms with Gasteiger partial charge in [0.15, 0.2) is 0 Å². The van der Waals surface area contributed by atoms with Crippen LogP contribution in [0.15, 0.2) is 12.2 Å². The van der Waals surface area contributed by atoms with Gasteiger partial charge in [-0.2, -0.15) is 0 Å². The van der Waals surface area contributed by atoms with Crippen molar-refractivity contribution in [2.24, 2.45) is 0 Å². The van der Waals surface area contributed by atoms with E-state index >= 15 is 0 Å². The van der Waals surface area contributed by atoms with Crippen LogP contribution in [0.3, 0.4) is 0 Å². The van der Waals surface area contributed by atoms with Gasteiger partial charge < -0.3 is 0 Å². The van der Waals surface area contributed by atoms with E-state index < -0.39 is 0 Å². The second-order valence-corrected chi connectivity index (χ2v) is 6.35. The van der Waals surface area contributed by atoms with Crippen molar-refractivity contribution in [1.29, 1.82) is 0 Å². The number of hydrogen-bond acceptors (Lipinski definition) is 0. The molecule has 0 rings (SSSR count). The molecule has 0 aliphatic carbocycles. The molecule has 0 N–H and O–H groups in total. The molecule has 0 unspecified atom stereocenters. The van der Waals surface area contributed by atoms with Crippen LogP contribution in [0.2, 0.25) is 0 Å². The third-order valence-corrected chi connectivity index (χ3v) is 4.16. The first-order valence-corrected chi connectivity index (χ1v) is 9.65. The fourth-order valence-corrected chi connectivity index (χ4v) is 2.70. The topological polar surface area (TPSA) is 0 Å². The smallest absolute Gasteiger partial charge is 0.0351 e. The zero-order valence-electron chi connectivity index (χ0n) is 14.6. The summed E-state index contributed by atoms with van der Waals surface area (Å²) >= 11 is 0. The molecule has 0 bridgehead atoms. The molecule has 0 aromatic carbocycles. The van der Waals surface area contributed by atoms with E-state index in [1.165, 1.54) is 96.3 Å². The summed E-state index contributed by atoms with van der Waals surface area (Å²) in [6.07, 6.45) is 27.7. The minimum Gasteiger partial charge on any atom is -0.0885 e. The molecule has 0 saturated heterocycles. The summed E-state index contributed by atoms with van der Waals surface area (Å²) in [5.41, 5.74) is 0. The predicted molar refractivity (Wildman–Crippen MR) is 98.3 cm³/mol. The lowest BCUT2D eigenvalue weighted by molar-refractivity contribution is 0.561. The normalized spacial score (nSPS) is 11.5. The van der Waals surface area contributed by atoms with Gasteiger partial charge in [-0.25, -0.2) is 0 Å². The molecule has 0 heteroatoms. The lowest BCUT2D eigenvalue weighted by atomic mass is 10.1. The Kier molecular flexibility index (Phi) is 19.5. The van der Waals surface area contributed by atoms with Crippen molar-refractivity contribution in [3.8, 4) is 0 Å². The maximum absolute atomic E-state index is 3.89. The van der Waals surface area contributed by atoms with E-state index in [9.17, 15) is 0 Å². The van der Waals surface area contributed by atoms with Gasteiger partial charge in [0.1, 0.15) is 0 Å². The Labute approximate surface area is 135 Å². The third-order valence-electron chi connectivity index (χ3n) is 4.16. The van der Waals surface area contributed by atoms with E-state index in [1.807, 2.05) is 0 Å². The highest BCUT2D eigenvalue weighted by atomic mass is 14.0. The zero-order chi connectivity index (χ0) is 15.4. The summed E-state index contributed by atoms with van der Waals surface area (Å²) < 4.78 is 0. The van der Waals surface area contributed by atoms with Gasteiger partial charge in [0.25, 0.3) is 0 Å². The lowest BCUT2D eigenvalue weighted by Gasteiger charge is -2.01. The van der Waals surface area contributed by atoms with Crippen LogP contribution in [0, 0.1) is 13.8 Å². The van der Waals surface area contributed by atoms with E-state index in [0.717, 1.165) is 12.8 Å². The fraction of sp³-hybridized carbons (Fsp3) is 0.810. The molecule has 0 aromatic rings. The molecule has 0 aliphatic heterocycles. The zero-order valence-corrected chi connectivity index (χ0v) is 14.6. The van der Waals surface area contributed by atoms with Crippen molar-refractivity contribution in [1.82, 2.24) is 0 Å². The summed E-state index contributed by atoms with van der Waals surface area (Å²) in [6.45, 7) is 7.77. The van der Waals surface area contributed by atoms with Crippen LogP contribution >= 0.6 is 0 Å². The third kappa shape index (κ3) is 19.7. The molecular formula is C21H40. The quantitative estimate of drug-likeness (QED) is 0.189. The lowest BCUT2D eigenvalue weighted by Crippen LogP contribution is -1.81. The van der Waals surface area contributed by atoms with Gasteiger partial charge in [-0.05, 0) is 25.7 Å². The summed E-state index contributed by atoms with van der Waals surface area (Å²) in [5.74, 6) is 0. The molecular weight excluding hydrogens is 252 g/mol. The Bertz CT molecular complexity index is 192. The second kappa shape index (κ2) is 19.7. The molecule has 0 aromatic heterocycles. The molecule has 0 atom stereocenters. The Balaban J connectivity index is 3.01. The SMILES string of the molecule is [CH2]CCCCCCC=CCCCCCCCCCCC[CH2]. The van der Waals surface area contributed by atoms with E-state index in [-0.39, 0.29) is 0 Å². The van der Waals surface area contributed by atoms with Crippen molar-refractivity contribution in [2.75, 3.05) is 0 Å². The minimum atomic E-state index is 1.10. The summed E-state index contributed by atoms with van der Waals surface area (Å²) in [6, 6.07) is 0. The van der Waals surface area contributed by atoms with Crippen LogP contribution in [-0.2, 0) is 0 Å². The average Bonchev–Trinajstić information content (AvgIpc) is 2.50. The standard InChI is InChI=1S/C21H40/c1-3-5-7-9-11-13-15-17-19-21-20-18-16-14-12-10-8-6-4-2/h15,17H,1-14,16,18-21H2. The molecule has 0 spiro atoms. The monoisotopic (exact) mass is 292 g/mol. The number of rotatable bonds is 17. The summed E-state index contributed by atoms with van der Waals surface area (Å²) in [7, 11) is 0. The highest BCUT2D eigenvalue weighted by Gasteiger charge is 1.92. The summed E-state index contributed by atoms with van der Waals surface area (Å²) in [4.78, 5) is 0. The maximum atomic E-state index is 3.89. The predicted octanol–water partition coefficient (Wildman–Crippen LogP) is 7.84. The Hall–Kier alpha value is -0.260. The molecule has 0 heterocycles. The Morgan fingerprint density at radius 2 is 0.667 bits per heavy atom. The molecule has 0 saturated carbocycles. The van der Waals surface area contributed by atoms with E-state index in [0.29, 0.717) is 0 Å². The minimum absolute atomic E-state index is 1.10. The molecule has 0 nitrogen and oxygen atoms in total. The molecule has 0 fully saturated rings. The van der Waals surface area contributed by atoms with Crippen LogP contribution in [0.4, 0.5) is 0 Å². The van der Waals surface area contributed by atoms with Gasteiger partial charge >= 0.3 is 0 Å². The molecule has 124 valence electrons. The van der Waals surface area contributed by atoms with Crippen LogP contribution in [0.5, 0.6) is 0 Å². The van der Waals surface area contributed by atoms with E-state index in [4.69, 9.17) is 0 Å². The van der Waals surface area contributed by atoms with Crippen LogP contribution in [-0.4, -0.2) is 0 Å². The van der Waals surface area contributed by atoms with E-state index in [2.05, 4.69) is 26.0 Å². The van der Waals surface area contributed by atoms with Gasteiger partial charge in [0.2, 0.25) is 0 Å². The molecule has 0 amide bonds. The van der Waals surface area contributed by atoms with Gasteiger partial charge in [0.05, 0.1) is 0 Å². The van der Waals surface area contributed by atoms with Crippen LogP contribution in [0.1, 0.15) is 109 Å². The Morgan fingerprint density at radius 3 is 1.00 bits per heavy atom. The van der Waals surface area contributed by atoms with Crippen LogP contribution < -0.4 is 0 Å². The van der Waals surface area contributed by atoms with Crippen molar-refractivity contribution < 1.29 is 0 Å². The first kappa shape index (κ1) is 20.7. The van der Waals surface area contributed by atoms with Crippen molar-refractivity contribution in [3.63, 3.8) is 0 Å². The van der Waals surface area contributed by atoms with Crippen LogP contribution in [0.25, 0.3) is 0 Å². The second-order valence-electron chi connectivity index (χ2n) is 6.35. The first-order chi connectivity index (χ1) is 10.4. The average molecular weight is 293 g/mol. The highest BCUT2D eigenvalue weighted by molar-refractivity contribution is 4.81. The van der Waals surface area contributed by atoms with Gasteiger partial charge in [-0.3, -0.25) is 0 Å². The summed E-state index contributed by atoms with van der Waals surface area (Å²) in [5, 5.41) is 0. The number of allylic oxidation sites excluding steroid dienone is 2.